The lowest BCUT2D eigenvalue weighted by molar-refractivity contribution is -0.139. The quantitative estimate of drug-likeness (QED) is 0.756. The number of ether oxygens (including phenoxy) is 2. The molecule has 0 spiro atoms. The first-order valence-corrected chi connectivity index (χ1v) is 9.40. The molecular weight excluding hydrogens is 368 g/mol. The minimum Gasteiger partial charge on any atom is -0.462 e. The highest BCUT2D eigenvalue weighted by Gasteiger charge is 2.39. The zero-order chi connectivity index (χ0) is 21.0. The van der Waals surface area contributed by atoms with E-state index in [-0.39, 0.29) is 24.0 Å². The number of rotatable bonds is 5. The number of para-hydroxylation sites is 1. The summed E-state index contributed by atoms with van der Waals surface area (Å²) >= 11 is 0. The minimum atomic E-state index is -0.702. The average Bonchev–Trinajstić information content (AvgIpc) is 2.68. The second kappa shape index (κ2) is 8.65. The third kappa shape index (κ3) is 4.32. The molecule has 0 saturated heterocycles. The number of allylic oxidation sites excluding steroid dienone is 1. The molecule has 0 radical (unpaired) electrons. The molecule has 1 atom stereocenters. The van der Waals surface area contributed by atoms with Gasteiger partial charge in [0.15, 0.2) is 0 Å². The van der Waals surface area contributed by atoms with E-state index in [0.29, 0.717) is 17.0 Å². The van der Waals surface area contributed by atoms with Gasteiger partial charge in [-0.1, -0.05) is 48.0 Å². The Morgan fingerprint density at radius 2 is 1.69 bits per heavy atom. The second-order valence-electron chi connectivity index (χ2n) is 6.73. The molecule has 0 bridgehead atoms. The van der Waals surface area contributed by atoms with Gasteiger partial charge in [-0.3, -0.25) is 4.79 Å². The Balaban J connectivity index is 2.08. The van der Waals surface area contributed by atoms with E-state index in [1.807, 2.05) is 49.4 Å². The Hall–Kier alpha value is -3.54. The first kappa shape index (κ1) is 20.2. The molecule has 0 fully saturated rings. The molecule has 6 nitrogen and oxygen atoms in total. The topological polar surface area (TPSA) is 90.7 Å². The summed E-state index contributed by atoms with van der Waals surface area (Å²) in [6, 6.07) is 16.7. The van der Waals surface area contributed by atoms with Crippen molar-refractivity contribution in [2.24, 2.45) is 5.73 Å². The lowest BCUT2D eigenvalue weighted by Gasteiger charge is -2.29. The fourth-order valence-corrected chi connectivity index (χ4v) is 3.30. The minimum absolute atomic E-state index is 0.0530. The third-order valence-corrected chi connectivity index (χ3v) is 4.67. The van der Waals surface area contributed by atoms with Crippen LogP contribution in [0.4, 0.5) is 5.69 Å². The number of aryl methyl sites for hydroxylation is 1. The van der Waals surface area contributed by atoms with Crippen molar-refractivity contribution in [1.29, 1.82) is 0 Å². The number of amides is 1. The van der Waals surface area contributed by atoms with Gasteiger partial charge in [-0.25, -0.2) is 4.79 Å². The Labute approximate surface area is 170 Å². The van der Waals surface area contributed by atoms with Crippen LogP contribution >= 0.6 is 0 Å². The van der Waals surface area contributed by atoms with E-state index in [2.05, 4.69) is 5.32 Å². The lowest BCUT2D eigenvalue weighted by atomic mass is 9.82. The van der Waals surface area contributed by atoms with Crippen LogP contribution in [0.15, 0.2) is 77.4 Å². The van der Waals surface area contributed by atoms with Crippen molar-refractivity contribution in [1.82, 2.24) is 0 Å². The third-order valence-electron chi connectivity index (χ3n) is 4.67. The van der Waals surface area contributed by atoms with Gasteiger partial charge in [0.25, 0.3) is 5.91 Å². The monoisotopic (exact) mass is 392 g/mol. The van der Waals surface area contributed by atoms with Crippen LogP contribution in [0.2, 0.25) is 0 Å². The van der Waals surface area contributed by atoms with E-state index in [0.717, 1.165) is 11.1 Å². The number of hydrogen-bond acceptors (Lipinski definition) is 5. The number of anilines is 1. The molecule has 0 aliphatic carbocycles. The number of carbonyl (C=O) groups excluding carboxylic acids is 2. The van der Waals surface area contributed by atoms with Gasteiger partial charge in [-0.2, -0.15) is 0 Å². The van der Waals surface area contributed by atoms with E-state index < -0.39 is 11.9 Å². The predicted molar refractivity (Wildman–Crippen MR) is 111 cm³/mol. The SMILES string of the molecule is CCOC(=O)C1=C(N)OC(C)=C(C(=O)Nc2ccccc2)[C@@H]1c1ccc(C)cc1. The highest BCUT2D eigenvalue weighted by Crippen LogP contribution is 2.40. The first-order valence-electron chi connectivity index (χ1n) is 9.40. The largest absolute Gasteiger partial charge is 0.462 e. The van der Waals surface area contributed by atoms with Gasteiger partial charge in [0, 0.05) is 5.69 Å². The summed E-state index contributed by atoms with van der Waals surface area (Å²) in [5, 5.41) is 2.87. The Morgan fingerprint density at radius 1 is 1.03 bits per heavy atom. The van der Waals surface area contributed by atoms with Crippen LogP contribution in [0.5, 0.6) is 0 Å². The molecule has 0 aromatic heterocycles. The van der Waals surface area contributed by atoms with E-state index >= 15 is 0 Å². The van der Waals surface area contributed by atoms with Crippen molar-refractivity contribution in [3.63, 3.8) is 0 Å². The van der Waals surface area contributed by atoms with Gasteiger partial charge in [-0.05, 0) is 38.5 Å². The molecule has 1 aliphatic rings. The lowest BCUT2D eigenvalue weighted by Crippen LogP contribution is -2.31. The molecule has 1 heterocycles. The van der Waals surface area contributed by atoms with Gasteiger partial charge in [-0.15, -0.1) is 0 Å². The fourth-order valence-electron chi connectivity index (χ4n) is 3.30. The van der Waals surface area contributed by atoms with Crippen molar-refractivity contribution < 1.29 is 19.1 Å². The van der Waals surface area contributed by atoms with E-state index in [1.165, 1.54) is 0 Å². The van der Waals surface area contributed by atoms with Crippen LogP contribution in [-0.4, -0.2) is 18.5 Å². The molecule has 0 unspecified atom stereocenters. The molecule has 2 aromatic carbocycles. The Bertz CT molecular complexity index is 976. The van der Waals surface area contributed by atoms with Crippen LogP contribution < -0.4 is 11.1 Å². The highest BCUT2D eigenvalue weighted by molar-refractivity contribution is 6.08. The normalized spacial score (nSPS) is 16.3. The number of nitrogens with one attached hydrogen (secondary N) is 1. The molecule has 29 heavy (non-hydrogen) atoms. The van der Waals surface area contributed by atoms with Crippen LogP contribution in [0.3, 0.4) is 0 Å². The van der Waals surface area contributed by atoms with Crippen molar-refractivity contribution in [2.75, 3.05) is 11.9 Å². The molecule has 3 rings (SSSR count). The smallest absolute Gasteiger partial charge is 0.340 e. The summed E-state index contributed by atoms with van der Waals surface area (Å²) in [4.78, 5) is 25.9. The van der Waals surface area contributed by atoms with Crippen LogP contribution in [-0.2, 0) is 19.1 Å². The number of benzene rings is 2. The molecule has 1 amide bonds. The summed E-state index contributed by atoms with van der Waals surface area (Å²) in [5.41, 5.74) is 8.96. The zero-order valence-electron chi connectivity index (χ0n) is 16.7. The number of nitrogens with two attached hydrogens (primary N) is 1. The Kier molecular flexibility index (Phi) is 6.02. The second-order valence-corrected chi connectivity index (χ2v) is 6.73. The summed E-state index contributed by atoms with van der Waals surface area (Å²) in [7, 11) is 0. The predicted octanol–water partition coefficient (Wildman–Crippen LogP) is 3.75. The van der Waals surface area contributed by atoms with E-state index in [4.69, 9.17) is 15.2 Å². The van der Waals surface area contributed by atoms with Crippen LogP contribution in [0.25, 0.3) is 0 Å². The molecule has 6 heteroatoms. The molecule has 2 aromatic rings. The van der Waals surface area contributed by atoms with E-state index in [9.17, 15) is 9.59 Å². The van der Waals surface area contributed by atoms with Gasteiger partial charge < -0.3 is 20.5 Å². The van der Waals surface area contributed by atoms with Gasteiger partial charge in [0.05, 0.1) is 18.1 Å². The highest BCUT2D eigenvalue weighted by atomic mass is 16.5. The van der Waals surface area contributed by atoms with Gasteiger partial charge >= 0.3 is 5.97 Å². The van der Waals surface area contributed by atoms with Crippen LogP contribution in [0.1, 0.15) is 30.9 Å². The summed E-state index contributed by atoms with van der Waals surface area (Å²) in [5.74, 6) is -1.38. The molecule has 150 valence electrons. The van der Waals surface area contributed by atoms with Crippen LogP contribution in [0, 0.1) is 6.92 Å². The van der Waals surface area contributed by atoms with Crippen molar-refractivity contribution in [2.45, 2.75) is 26.7 Å². The van der Waals surface area contributed by atoms with Gasteiger partial charge in [0.1, 0.15) is 11.3 Å². The molecule has 0 saturated carbocycles. The standard InChI is InChI=1S/C23H24N2O4/c1-4-28-23(27)20-19(16-12-10-14(2)11-13-16)18(15(3)29-21(20)24)22(26)25-17-8-6-5-7-9-17/h5-13,19H,4,24H2,1-3H3,(H,25,26)/t19-/m0/s1. The van der Waals surface area contributed by atoms with Gasteiger partial charge in [0.2, 0.25) is 5.88 Å². The number of hydrogen-bond donors (Lipinski definition) is 2. The number of esters is 1. The maximum Gasteiger partial charge on any atom is 0.340 e. The molecule has 1 aliphatic heterocycles. The zero-order valence-corrected chi connectivity index (χ0v) is 16.7. The van der Waals surface area contributed by atoms with Crippen molar-refractivity contribution in [3.05, 3.63) is 88.5 Å². The molecule has 3 N–H and O–H groups in total. The summed E-state index contributed by atoms with van der Waals surface area (Å²) < 4.78 is 10.8. The fraction of sp³-hybridized carbons (Fsp3) is 0.217. The summed E-state index contributed by atoms with van der Waals surface area (Å²) in [6.07, 6.45) is 0. The average molecular weight is 392 g/mol. The maximum absolute atomic E-state index is 13.2. The molecular formula is C23H24N2O4. The van der Waals surface area contributed by atoms with E-state index in [1.54, 1.807) is 26.0 Å². The van der Waals surface area contributed by atoms with Crippen molar-refractivity contribution >= 4 is 17.6 Å². The number of carbonyl (C=O) groups is 2. The summed E-state index contributed by atoms with van der Waals surface area (Å²) in [6.45, 7) is 5.53. The van der Waals surface area contributed by atoms with Crippen molar-refractivity contribution in [3.8, 4) is 0 Å². The first-order chi connectivity index (χ1) is 13.9. The Morgan fingerprint density at radius 3 is 2.31 bits per heavy atom. The maximum atomic E-state index is 13.2.